The molecule has 0 unspecified atom stereocenters. The quantitative estimate of drug-likeness (QED) is 0.404. The summed E-state index contributed by atoms with van der Waals surface area (Å²) in [7, 11) is 1.34. The number of carbonyl (C=O) groups excluding carboxylic acids is 3. The maximum absolute atomic E-state index is 12.6. The first-order chi connectivity index (χ1) is 13.4. The van der Waals surface area contributed by atoms with Crippen molar-refractivity contribution >= 4 is 24.0 Å². The highest BCUT2D eigenvalue weighted by Crippen LogP contribution is 2.44. The van der Waals surface area contributed by atoms with Gasteiger partial charge in [-0.1, -0.05) is 29.9 Å². The summed E-state index contributed by atoms with van der Waals surface area (Å²) in [4.78, 5) is 36.6. The second-order valence-electron chi connectivity index (χ2n) is 6.63. The Balaban J connectivity index is 2.21. The molecule has 0 aliphatic heterocycles. The fourth-order valence-corrected chi connectivity index (χ4v) is 3.26. The van der Waals surface area contributed by atoms with E-state index in [0.717, 1.165) is 16.7 Å². The lowest BCUT2D eigenvalue weighted by Gasteiger charge is -2.24. The zero-order valence-electron chi connectivity index (χ0n) is 16.7. The molecule has 0 heterocycles. The van der Waals surface area contributed by atoms with E-state index in [9.17, 15) is 14.4 Å². The molecule has 0 amide bonds. The van der Waals surface area contributed by atoms with E-state index in [2.05, 4.69) is 4.74 Å². The molecule has 1 aromatic rings. The number of esters is 3. The summed E-state index contributed by atoms with van der Waals surface area (Å²) >= 11 is 0. The van der Waals surface area contributed by atoms with Gasteiger partial charge in [0.05, 0.1) is 25.9 Å². The van der Waals surface area contributed by atoms with Crippen molar-refractivity contribution < 1.29 is 28.6 Å². The van der Waals surface area contributed by atoms with Crippen LogP contribution in [-0.4, -0.2) is 38.2 Å². The van der Waals surface area contributed by atoms with Crippen LogP contribution < -0.4 is 0 Å². The molecule has 6 heteroatoms. The lowest BCUT2D eigenvalue weighted by atomic mass is 9.83. The molecule has 6 nitrogen and oxygen atoms in total. The van der Waals surface area contributed by atoms with Crippen LogP contribution in [-0.2, 0) is 23.8 Å². The van der Waals surface area contributed by atoms with Gasteiger partial charge >= 0.3 is 17.9 Å². The highest BCUT2D eigenvalue weighted by atomic mass is 16.6. The Morgan fingerprint density at radius 2 is 1.54 bits per heavy atom. The van der Waals surface area contributed by atoms with Gasteiger partial charge in [-0.15, -0.1) is 0 Å². The van der Waals surface area contributed by atoms with E-state index in [0.29, 0.717) is 5.56 Å². The van der Waals surface area contributed by atoms with Crippen LogP contribution in [0.3, 0.4) is 0 Å². The summed E-state index contributed by atoms with van der Waals surface area (Å²) in [5.41, 5.74) is 1.89. The predicted octanol–water partition coefficient (Wildman–Crippen LogP) is 3.71. The zero-order chi connectivity index (χ0) is 20.7. The lowest BCUT2D eigenvalue weighted by Crippen LogP contribution is -2.40. The van der Waals surface area contributed by atoms with Gasteiger partial charge in [-0.2, -0.15) is 0 Å². The van der Waals surface area contributed by atoms with Crippen molar-refractivity contribution in [2.24, 2.45) is 5.41 Å². The van der Waals surface area contributed by atoms with Crippen molar-refractivity contribution in [1.82, 2.24) is 0 Å². The fraction of sp³-hybridized carbons (Fsp3) is 0.409. The summed E-state index contributed by atoms with van der Waals surface area (Å²) in [5.74, 6) is -1.48. The van der Waals surface area contributed by atoms with E-state index in [1.54, 1.807) is 38.1 Å². The Morgan fingerprint density at radius 1 is 0.964 bits per heavy atom. The number of hydrogen-bond acceptors (Lipinski definition) is 6. The van der Waals surface area contributed by atoms with Gasteiger partial charge in [0.15, 0.2) is 5.41 Å². The lowest BCUT2D eigenvalue weighted by molar-refractivity contribution is -0.171. The molecule has 0 spiro atoms. The molecular formula is C22H26O6. The molecule has 28 heavy (non-hydrogen) atoms. The molecule has 0 N–H and O–H groups in total. The van der Waals surface area contributed by atoms with Gasteiger partial charge in [0.2, 0.25) is 0 Å². The van der Waals surface area contributed by atoms with Gasteiger partial charge in [0, 0.05) is 0 Å². The van der Waals surface area contributed by atoms with Crippen molar-refractivity contribution in [3.05, 3.63) is 52.6 Å². The smallest absolute Gasteiger partial charge is 0.337 e. The van der Waals surface area contributed by atoms with Gasteiger partial charge in [0.1, 0.15) is 0 Å². The summed E-state index contributed by atoms with van der Waals surface area (Å²) in [6, 6.07) is 6.97. The van der Waals surface area contributed by atoms with E-state index in [-0.39, 0.29) is 26.1 Å². The molecule has 0 bridgehead atoms. The molecule has 150 valence electrons. The van der Waals surface area contributed by atoms with Crippen LogP contribution in [0.25, 0.3) is 6.08 Å². The summed E-state index contributed by atoms with van der Waals surface area (Å²) in [5, 5.41) is 0. The van der Waals surface area contributed by atoms with E-state index in [1.807, 2.05) is 19.1 Å². The van der Waals surface area contributed by atoms with Crippen LogP contribution in [0.4, 0.5) is 0 Å². The minimum atomic E-state index is -1.31. The Hall–Kier alpha value is -2.89. The van der Waals surface area contributed by atoms with E-state index in [4.69, 9.17) is 9.47 Å². The summed E-state index contributed by atoms with van der Waals surface area (Å²) < 4.78 is 15.0. The predicted molar refractivity (Wildman–Crippen MR) is 104 cm³/mol. The van der Waals surface area contributed by atoms with Gasteiger partial charge in [0.25, 0.3) is 0 Å². The Bertz CT molecular complexity index is 783. The molecule has 1 aliphatic carbocycles. The third-order valence-electron chi connectivity index (χ3n) is 4.75. The number of rotatable bonds is 7. The summed E-state index contributed by atoms with van der Waals surface area (Å²) in [6.07, 6.45) is 4.30. The van der Waals surface area contributed by atoms with Crippen LogP contribution in [0.1, 0.15) is 49.5 Å². The van der Waals surface area contributed by atoms with Gasteiger partial charge in [-0.05, 0) is 56.9 Å². The summed E-state index contributed by atoms with van der Waals surface area (Å²) in [6.45, 7) is 5.74. The average Bonchev–Trinajstić information content (AvgIpc) is 3.04. The molecular weight excluding hydrogens is 360 g/mol. The first-order valence-corrected chi connectivity index (χ1v) is 9.27. The number of methoxy groups -OCH3 is 1. The maximum atomic E-state index is 12.6. The largest absolute Gasteiger partial charge is 0.465 e. The second-order valence-corrected chi connectivity index (χ2v) is 6.63. The van der Waals surface area contributed by atoms with Crippen LogP contribution in [0.2, 0.25) is 0 Å². The fourth-order valence-electron chi connectivity index (χ4n) is 3.26. The number of benzene rings is 1. The van der Waals surface area contributed by atoms with Crippen molar-refractivity contribution in [2.75, 3.05) is 20.3 Å². The molecule has 1 aromatic carbocycles. The van der Waals surface area contributed by atoms with E-state index in [1.165, 1.54) is 7.11 Å². The zero-order valence-corrected chi connectivity index (χ0v) is 16.7. The maximum Gasteiger partial charge on any atom is 0.337 e. The first kappa shape index (κ1) is 21.4. The van der Waals surface area contributed by atoms with Crippen LogP contribution in [0.15, 0.2) is 41.5 Å². The van der Waals surface area contributed by atoms with Crippen LogP contribution in [0, 0.1) is 5.41 Å². The minimum Gasteiger partial charge on any atom is -0.465 e. The van der Waals surface area contributed by atoms with Gasteiger partial charge in [-0.25, -0.2) is 4.79 Å². The Kier molecular flexibility index (Phi) is 7.15. The van der Waals surface area contributed by atoms with E-state index < -0.39 is 23.3 Å². The molecule has 1 aliphatic rings. The highest BCUT2D eigenvalue weighted by molar-refractivity contribution is 6.01. The van der Waals surface area contributed by atoms with Crippen LogP contribution in [0.5, 0.6) is 0 Å². The monoisotopic (exact) mass is 386 g/mol. The second kappa shape index (κ2) is 9.35. The third-order valence-corrected chi connectivity index (χ3v) is 4.75. The Labute approximate surface area is 165 Å². The molecule has 2 rings (SSSR count). The van der Waals surface area contributed by atoms with Crippen molar-refractivity contribution in [3.8, 4) is 0 Å². The van der Waals surface area contributed by atoms with Crippen LogP contribution >= 0.6 is 0 Å². The van der Waals surface area contributed by atoms with Crippen molar-refractivity contribution in [3.63, 3.8) is 0 Å². The van der Waals surface area contributed by atoms with Gasteiger partial charge < -0.3 is 14.2 Å². The van der Waals surface area contributed by atoms with E-state index >= 15 is 0 Å². The average molecular weight is 386 g/mol. The number of allylic oxidation sites excluding steroid dienone is 3. The molecule has 0 aromatic heterocycles. The molecule has 0 radical (unpaired) electrons. The molecule has 0 atom stereocenters. The minimum absolute atomic E-state index is 0.205. The van der Waals surface area contributed by atoms with Crippen molar-refractivity contribution in [2.45, 2.75) is 33.6 Å². The first-order valence-electron chi connectivity index (χ1n) is 9.27. The van der Waals surface area contributed by atoms with Crippen molar-refractivity contribution in [1.29, 1.82) is 0 Å². The molecule has 0 saturated heterocycles. The standard InChI is InChI=1S/C22H26O6/c1-5-27-20(24)22(21(25)28-6-2)13-15(3)18(14-22)12-9-16-7-10-17(11-8-16)19(23)26-4/h7-12H,5-6,13-14H2,1-4H3/b12-9-. The molecule has 0 saturated carbocycles. The SMILES string of the molecule is CCOC(=O)C1(C(=O)OCC)CC(C)=C(/C=C\c2ccc(C(=O)OC)cc2)C1. The Morgan fingerprint density at radius 3 is 2.04 bits per heavy atom. The third kappa shape index (κ3) is 4.50. The number of hydrogen-bond donors (Lipinski definition) is 0. The normalized spacial score (nSPS) is 15.6. The number of ether oxygens (including phenoxy) is 3. The number of carbonyl (C=O) groups is 3. The topological polar surface area (TPSA) is 78.9 Å². The molecule has 0 fully saturated rings. The highest BCUT2D eigenvalue weighted by Gasteiger charge is 2.52. The van der Waals surface area contributed by atoms with Gasteiger partial charge in [-0.3, -0.25) is 9.59 Å².